The minimum atomic E-state index is 0.0194. The quantitative estimate of drug-likeness (QED) is 0.662. The van der Waals surface area contributed by atoms with E-state index in [1.54, 1.807) is 7.11 Å². The van der Waals surface area contributed by atoms with Crippen molar-refractivity contribution in [3.63, 3.8) is 0 Å². The van der Waals surface area contributed by atoms with Crippen LogP contribution in [-0.4, -0.2) is 13.4 Å². The number of carbonyl (C=O) groups excluding carboxylic acids is 1. The highest BCUT2D eigenvalue weighted by Crippen LogP contribution is 2.19. The zero-order chi connectivity index (χ0) is 9.68. The molecule has 0 unspecified atom stereocenters. The van der Waals surface area contributed by atoms with Gasteiger partial charge in [-0.2, -0.15) is 0 Å². The summed E-state index contributed by atoms with van der Waals surface area (Å²) < 4.78 is 5.03. The molecule has 0 spiro atoms. The Morgan fingerprint density at radius 1 is 1.38 bits per heavy atom. The first-order valence-corrected chi connectivity index (χ1v) is 4.41. The SMILES string of the molecule is CC[C@H](C=O)c1ccc(OC)cc1. The van der Waals surface area contributed by atoms with Crippen LogP contribution in [-0.2, 0) is 4.79 Å². The Hall–Kier alpha value is -1.31. The molecule has 2 heteroatoms. The van der Waals surface area contributed by atoms with E-state index in [4.69, 9.17) is 4.74 Å². The molecule has 0 aliphatic rings. The molecule has 1 atom stereocenters. The Labute approximate surface area is 78.5 Å². The minimum Gasteiger partial charge on any atom is -0.497 e. The zero-order valence-corrected chi connectivity index (χ0v) is 7.99. The summed E-state index contributed by atoms with van der Waals surface area (Å²) in [5.41, 5.74) is 1.05. The summed E-state index contributed by atoms with van der Waals surface area (Å²) in [5, 5.41) is 0. The van der Waals surface area contributed by atoms with Crippen molar-refractivity contribution in [2.24, 2.45) is 0 Å². The highest BCUT2D eigenvalue weighted by atomic mass is 16.5. The predicted octanol–water partition coefficient (Wildman–Crippen LogP) is 2.39. The summed E-state index contributed by atoms with van der Waals surface area (Å²) in [6, 6.07) is 7.62. The molecule has 1 rings (SSSR count). The lowest BCUT2D eigenvalue weighted by Crippen LogP contribution is -1.97. The first kappa shape index (κ1) is 9.78. The molecule has 0 radical (unpaired) electrons. The number of benzene rings is 1. The minimum absolute atomic E-state index is 0.0194. The fourth-order valence-corrected chi connectivity index (χ4v) is 1.26. The van der Waals surface area contributed by atoms with Gasteiger partial charge in [0.05, 0.1) is 7.11 Å². The first-order chi connectivity index (χ1) is 6.31. The van der Waals surface area contributed by atoms with E-state index in [1.807, 2.05) is 31.2 Å². The van der Waals surface area contributed by atoms with Crippen LogP contribution in [0.1, 0.15) is 24.8 Å². The average molecular weight is 178 g/mol. The lowest BCUT2D eigenvalue weighted by Gasteiger charge is -2.07. The standard InChI is InChI=1S/C11H14O2/c1-3-9(8-12)10-4-6-11(13-2)7-5-10/h4-9H,3H2,1-2H3/t9-/m1/s1. The van der Waals surface area contributed by atoms with E-state index in [0.29, 0.717) is 0 Å². The van der Waals surface area contributed by atoms with Crippen LogP contribution in [0.5, 0.6) is 5.75 Å². The fourth-order valence-electron chi connectivity index (χ4n) is 1.26. The summed E-state index contributed by atoms with van der Waals surface area (Å²) in [7, 11) is 1.63. The van der Waals surface area contributed by atoms with Crippen molar-refractivity contribution in [1.29, 1.82) is 0 Å². The van der Waals surface area contributed by atoms with Crippen molar-refractivity contribution < 1.29 is 9.53 Å². The summed E-state index contributed by atoms with van der Waals surface area (Å²) in [4.78, 5) is 10.7. The number of carbonyl (C=O) groups is 1. The van der Waals surface area contributed by atoms with Gasteiger partial charge in [-0.05, 0) is 24.1 Å². The van der Waals surface area contributed by atoms with Crippen molar-refractivity contribution in [2.75, 3.05) is 7.11 Å². The smallest absolute Gasteiger partial charge is 0.127 e. The highest BCUT2D eigenvalue weighted by Gasteiger charge is 2.06. The van der Waals surface area contributed by atoms with Gasteiger partial charge in [-0.1, -0.05) is 19.1 Å². The molecule has 1 aromatic carbocycles. The Kier molecular flexibility index (Phi) is 3.50. The monoisotopic (exact) mass is 178 g/mol. The van der Waals surface area contributed by atoms with E-state index in [1.165, 1.54) is 0 Å². The van der Waals surface area contributed by atoms with Crippen molar-refractivity contribution in [1.82, 2.24) is 0 Å². The van der Waals surface area contributed by atoms with Gasteiger partial charge in [0.15, 0.2) is 0 Å². The Morgan fingerprint density at radius 3 is 2.38 bits per heavy atom. The molecule has 0 saturated carbocycles. The third kappa shape index (κ3) is 2.31. The van der Waals surface area contributed by atoms with E-state index in [-0.39, 0.29) is 5.92 Å². The van der Waals surface area contributed by atoms with Gasteiger partial charge in [0.1, 0.15) is 12.0 Å². The number of ether oxygens (including phenoxy) is 1. The van der Waals surface area contributed by atoms with Crippen LogP contribution in [0.2, 0.25) is 0 Å². The van der Waals surface area contributed by atoms with Crippen LogP contribution in [0.4, 0.5) is 0 Å². The van der Waals surface area contributed by atoms with Gasteiger partial charge >= 0.3 is 0 Å². The normalized spacial score (nSPS) is 12.2. The van der Waals surface area contributed by atoms with Gasteiger partial charge in [0.25, 0.3) is 0 Å². The molecule has 0 saturated heterocycles. The summed E-state index contributed by atoms with van der Waals surface area (Å²) in [6.07, 6.45) is 1.83. The maximum absolute atomic E-state index is 10.7. The van der Waals surface area contributed by atoms with E-state index in [0.717, 1.165) is 24.0 Å². The van der Waals surface area contributed by atoms with Crippen LogP contribution in [0.25, 0.3) is 0 Å². The van der Waals surface area contributed by atoms with Gasteiger partial charge < -0.3 is 9.53 Å². The Bertz CT molecular complexity index is 264. The van der Waals surface area contributed by atoms with Crippen LogP contribution in [0.3, 0.4) is 0 Å². The summed E-state index contributed by atoms with van der Waals surface area (Å²) in [6.45, 7) is 2.00. The van der Waals surface area contributed by atoms with Crippen LogP contribution >= 0.6 is 0 Å². The summed E-state index contributed by atoms with van der Waals surface area (Å²) >= 11 is 0. The third-order valence-electron chi connectivity index (χ3n) is 2.15. The Morgan fingerprint density at radius 2 is 2.00 bits per heavy atom. The number of rotatable bonds is 4. The Balaban J connectivity index is 2.83. The van der Waals surface area contributed by atoms with E-state index < -0.39 is 0 Å². The highest BCUT2D eigenvalue weighted by molar-refractivity contribution is 5.62. The second-order valence-electron chi connectivity index (χ2n) is 2.92. The van der Waals surface area contributed by atoms with Gasteiger partial charge in [-0.15, -0.1) is 0 Å². The lowest BCUT2D eigenvalue weighted by atomic mass is 9.98. The van der Waals surface area contributed by atoms with Crippen molar-refractivity contribution >= 4 is 6.29 Å². The van der Waals surface area contributed by atoms with Gasteiger partial charge in [-0.25, -0.2) is 0 Å². The van der Waals surface area contributed by atoms with Crippen molar-refractivity contribution in [2.45, 2.75) is 19.3 Å². The number of aldehydes is 1. The largest absolute Gasteiger partial charge is 0.497 e. The van der Waals surface area contributed by atoms with Gasteiger partial charge in [-0.3, -0.25) is 0 Å². The zero-order valence-electron chi connectivity index (χ0n) is 7.99. The van der Waals surface area contributed by atoms with Crippen LogP contribution < -0.4 is 4.74 Å². The molecular weight excluding hydrogens is 164 g/mol. The fraction of sp³-hybridized carbons (Fsp3) is 0.364. The van der Waals surface area contributed by atoms with Crippen LogP contribution in [0.15, 0.2) is 24.3 Å². The molecule has 0 fully saturated rings. The molecular formula is C11H14O2. The topological polar surface area (TPSA) is 26.3 Å². The van der Waals surface area contributed by atoms with E-state index in [2.05, 4.69) is 0 Å². The predicted molar refractivity (Wildman–Crippen MR) is 52.1 cm³/mol. The second kappa shape index (κ2) is 4.65. The van der Waals surface area contributed by atoms with Gasteiger partial charge in [0.2, 0.25) is 0 Å². The second-order valence-corrected chi connectivity index (χ2v) is 2.92. The molecule has 2 nitrogen and oxygen atoms in total. The van der Waals surface area contributed by atoms with E-state index in [9.17, 15) is 4.79 Å². The molecule has 0 aliphatic heterocycles. The lowest BCUT2D eigenvalue weighted by molar-refractivity contribution is -0.109. The maximum Gasteiger partial charge on any atom is 0.127 e. The molecule has 1 aromatic rings. The number of methoxy groups -OCH3 is 1. The molecule has 0 bridgehead atoms. The molecule has 0 aliphatic carbocycles. The first-order valence-electron chi connectivity index (χ1n) is 4.41. The average Bonchev–Trinajstić information content (AvgIpc) is 2.21. The van der Waals surface area contributed by atoms with E-state index >= 15 is 0 Å². The van der Waals surface area contributed by atoms with Gasteiger partial charge in [0, 0.05) is 5.92 Å². The molecule has 0 heterocycles. The molecule has 0 N–H and O–H groups in total. The molecule has 0 amide bonds. The molecule has 70 valence electrons. The molecule has 0 aromatic heterocycles. The third-order valence-corrected chi connectivity index (χ3v) is 2.15. The van der Waals surface area contributed by atoms with Crippen molar-refractivity contribution in [3.8, 4) is 5.75 Å². The van der Waals surface area contributed by atoms with Crippen LogP contribution in [0, 0.1) is 0 Å². The van der Waals surface area contributed by atoms with Crippen molar-refractivity contribution in [3.05, 3.63) is 29.8 Å². The maximum atomic E-state index is 10.7. The molecule has 13 heavy (non-hydrogen) atoms. The summed E-state index contributed by atoms with van der Waals surface area (Å²) in [5.74, 6) is 0.843. The number of hydrogen-bond donors (Lipinski definition) is 0. The number of hydrogen-bond acceptors (Lipinski definition) is 2.